The molecule has 1 heterocycles. The van der Waals surface area contributed by atoms with E-state index in [1.165, 1.54) is 19.3 Å². The lowest BCUT2D eigenvalue weighted by molar-refractivity contribution is -0.121. The van der Waals surface area contributed by atoms with Gasteiger partial charge < -0.3 is 10.6 Å². The molecule has 0 radical (unpaired) electrons. The van der Waals surface area contributed by atoms with Gasteiger partial charge in [0.25, 0.3) is 0 Å². The maximum absolute atomic E-state index is 11.7. The molecule has 106 valence electrons. The van der Waals surface area contributed by atoms with E-state index in [2.05, 4.69) is 24.5 Å². The first-order valence-electron chi connectivity index (χ1n) is 7.05. The van der Waals surface area contributed by atoms with Crippen LogP contribution in [0.15, 0.2) is 0 Å². The zero-order valence-electron chi connectivity index (χ0n) is 11.6. The van der Waals surface area contributed by atoms with Crippen LogP contribution in [0.2, 0.25) is 0 Å². The summed E-state index contributed by atoms with van der Waals surface area (Å²) in [6.45, 7) is 7.70. The maximum atomic E-state index is 11.7. The summed E-state index contributed by atoms with van der Waals surface area (Å²) in [5.41, 5.74) is 0.475. The second kappa shape index (κ2) is 6.76. The average molecular weight is 275 g/mol. The van der Waals surface area contributed by atoms with E-state index in [0.29, 0.717) is 11.3 Å². The summed E-state index contributed by atoms with van der Waals surface area (Å²) in [7, 11) is 0. The smallest absolute Gasteiger partial charge is 0.220 e. The van der Waals surface area contributed by atoms with Crippen LogP contribution in [0.25, 0.3) is 0 Å². The predicted molar refractivity (Wildman–Crippen MR) is 77.0 cm³/mol. The molecule has 1 atom stereocenters. The van der Waals surface area contributed by atoms with E-state index in [1.54, 1.807) is 0 Å². The Bertz CT molecular complexity index is 275. The van der Waals surface area contributed by atoms with Crippen molar-refractivity contribution in [2.45, 2.75) is 46.0 Å². The lowest BCUT2D eigenvalue weighted by Gasteiger charge is -2.22. The Kier molecular flexibility index (Phi) is 5.93. The zero-order chi connectivity index (χ0) is 12.3. The van der Waals surface area contributed by atoms with Gasteiger partial charge in [-0.25, -0.2) is 0 Å². The number of halogens is 1. The Morgan fingerprint density at radius 3 is 2.50 bits per heavy atom. The number of rotatable bonds is 5. The lowest BCUT2D eigenvalue weighted by Crippen LogP contribution is -2.30. The zero-order valence-corrected chi connectivity index (χ0v) is 12.4. The molecule has 0 aromatic heterocycles. The summed E-state index contributed by atoms with van der Waals surface area (Å²) in [6, 6.07) is 0. The van der Waals surface area contributed by atoms with Gasteiger partial charge >= 0.3 is 0 Å². The van der Waals surface area contributed by atoms with Crippen LogP contribution in [0.5, 0.6) is 0 Å². The molecule has 0 aromatic carbocycles. The molecule has 2 fully saturated rings. The van der Waals surface area contributed by atoms with Crippen molar-refractivity contribution in [2.75, 3.05) is 19.6 Å². The number of carbonyl (C=O) groups is 1. The van der Waals surface area contributed by atoms with Crippen molar-refractivity contribution in [2.24, 2.45) is 17.3 Å². The second-order valence-electron chi connectivity index (χ2n) is 6.43. The topological polar surface area (TPSA) is 41.1 Å². The van der Waals surface area contributed by atoms with Gasteiger partial charge in [-0.15, -0.1) is 12.4 Å². The van der Waals surface area contributed by atoms with E-state index in [-0.39, 0.29) is 18.3 Å². The highest BCUT2D eigenvalue weighted by atomic mass is 35.5. The molecular weight excluding hydrogens is 248 g/mol. The predicted octanol–water partition coefficient (Wildman–Crippen LogP) is 2.35. The van der Waals surface area contributed by atoms with Crippen LogP contribution < -0.4 is 10.6 Å². The van der Waals surface area contributed by atoms with Gasteiger partial charge in [0.2, 0.25) is 5.91 Å². The third kappa shape index (κ3) is 4.77. The minimum absolute atomic E-state index is 0. The van der Waals surface area contributed by atoms with E-state index in [4.69, 9.17) is 0 Å². The molecule has 0 aromatic rings. The van der Waals surface area contributed by atoms with Gasteiger partial charge in [-0.1, -0.05) is 13.8 Å². The molecule has 18 heavy (non-hydrogen) atoms. The fourth-order valence-electron chi connectivity index (χ4n) is 2.76. The average Bonchev–Trinajstić information content (AvgIpc) is 2.93. The Morgan fingerprint density at radius 2 is 1.94 bits per heavy atom. The Balaban J connectivity index is 0.00000162. The van der Waals surface area contributed by atoms with Gasteiger partial charge in [-0.3, -0.25) is 4.79 Å². The Morgan fingerprint density at radius 1 is 1.33 bits per heavy atom. The van der Waals surface area contributed by atoms with E-state index in [0.717, 1.165) is 38.4 Å². The van der Waals surface area contributed by atoms with Crippen LogP contribution in [-0.4, -0.2) is 25.5 Å². The number of nitrogens with one attached hydrogen (secondary N) is 2. The standard InChI is InChI=1S/C14H26N2O.ClH/c1-14(2)9-12(14)10-16-13(17)4-3-11-5-7-15-8-6-11;/h11-12,15H,3-10H2,1-2H3,(H,16,17);1H. The van der Waals surface area contributed by atoms with Crippen LogP contribution in [0, 0.1) is 17.3 Å². The first-order chi connectivity index (χ1) is 8.08. The van der Waals surface area contributed by atoms with Gasteiger partial charge in [0.05, 0.1) is 0 Å². The van der Waals surface area contributed by atoms with Crippen LogP contribution in [-0.2, 0) is 4.79 Å². The van der Waals surface area contributed by atoms with Gasteiger partial charge in [-0.05, 0) is 56.0 Å². The summed E-state index contributed by atoms with van der Waals surface area (Å²) >= 11 is 0. The fourth-order valence-corrected chi connectivity index (χ4v) is 2.76. The molecule has 0 spiro atoms. The third-order valence-corrected chi connectivity index (χ3v) is 4.50. The molecule has 1 amide bonds. The van der Waals surface area contributed by atoms with Crippen molar-refractivity contribution in [3.8, 4) is 0 Å². The van der Waals surface area contributed by atoms with Crippen LogP contribution in [0.4, 0.5) is 0 Å². The van der Waals surface area contributed by atoms with Gasteiger partial charge in [-0.2, -0.15) is 0 Å². The third-order valence-electron chi connectivity index (χ3n) is 4.50. The molecule has 2 N–H and O–H groups in total. The summed E-state index contributed by atoms with van der Waals surface area (Å²) in [5.74, 6) is 1.73. The first kappa shape index (κ1) is 15.8. The van der Waals surface area contributed by atoms with E-state index in [1.807, 2.05) is 0 Å². The van der Waals surface area contributed by atoms with Crippen molar-refractivity contribution >= 4 is 18.3 Å². The van der Waals surface area contributed by atoms with Crippen molar-refractivity contribution in [1.82, 2.24) is 10.6 Å². The van der Waals surface area contributed by atoms with Crippen LogP contribution in [0.3, 0.4) is 0 Å². The number of carbonyl (C=O) groups excluding carboxylic acids is 1. The van der Waals surface area contributed by atoms with Crippen molar-refractivity contribution in [1.29, 1.82) is 0 Å². The minimum Gasteiger partial charge on any atom is -0.356 e. The molecule has 4 heteroatoms. The van der Waals surface area contributed by atoms with Crippen LogP contribution >= 0.6 is 12.4 Å². The quantitative estimate of drug-likeness (QED) is 0.808. The molecule has 1 saturated heterocycles. The summed E-state index contributed by atoms with van der Waals surface area (Å²) in [4.78, 5) is 11.7. The number of hydrogen-bond donors (Lipinski definition) is 2. The molecule has 1 aliphatic carbocycles. The Hall–Kier alpha value is -0.280. The molecule has 1 unspecified atom stereocenters. The van der Waals surface area contributed by atoms with Gasteiger partial charge in [0, 0.05) is 13.0 Å². The lowest BCUT2D eigenvalue weighted by atomic mass is 9.93. The first-order valence-corrected chi connectivity index (χ1v) is 7.05. The highest BCUT2D eigenvalue weighted by Gasteiger charge is 2.45. The fraction of sp³-hybridized carbons (Fsp3) is 0.929. The normalized spacial score (nSPS) is 26.2. The van der Waals surface area contributed by atoms with Crippen molar-refractivity contribution in [3.05, 3.63) is 0 Å². The SMILES string of the molecule is CC1(C)CC1CNC(=O)CCC1CCNCC1.Cl. The molecule has 2 rings (SSSR count). The van der Waals surface area contributed by atoms with E-state index in [9.17, 15) is 4.79 Å². The van der Waals surface area contributed by atoms with Crippen LogP contribution in [0.1, 0.15) is 46.0 Å². The molecule has 0 bridgehead atoms. The second-order valence-corrected chi connectivity index (χ2v) is 6.43. The van der Waals surface area contributed by atoms with Gasteiger partial charge in [0.15, 0.2) is 0 Å². The molecule has 2 aliphatic rings. The molecule has 3 nitrogen and oxygen atoms in total. The monoisotopic (exact) mass is 274 g/mol. The van der Waals surface area contributed by atoms with Crippen molar-refractivity contribution in [3.63, 3.8) is 0 Å². The number of piperidine rings is 1. The highest BCUT2D eigenvalue weighted by molar-refractivity contribution is 5.85. The maximum Gasteiger partial charge on any atom is 0.220 e. The molecular formula is C14H27ClN2O. The highest BCUT2D eigenvalue weighted by Crippen LogP contribution is 2.50. The summed E-state index contributed by atoms with van der Waals surface area (Å²) in [6.07, 6.45) is 5.53. The molecule has 1 aliphatic heterocycles. The number of amides is 1. The Labute approximate surface area is 117 Å². The van der Waals surface area contributed by atoms with Crippen molar-refractivity contribution < 1.29 is 4.79 Å². The van der Waals surface area contributed by atoms with E-state index >= 15 is 0 Å². The minimum atomic E-state index is 0. The largest absolute Gasteiger partial charge is 0.356 e. The van der Waals surface area contributed by atoms with Gasteiger partial charge in [0.1, 0.15) is 0 Å². The summed E-state index contributed by atoms with van der Waals surface area (Å²) < 4.78 is 0. The summed E-state index contributed by atoms with van der Waals surface area (Å²) in [5, 5.41) is 6.44. The number of hydrogen-bond acceptors (Lipinski definition) is 2. The van der Waals surface area contributed by atoms with E-state index < -0.39 is 0 Å². The molecule has 1 saturated carbocycles.